The van der Waals surface area contributed by atoms with Crippen molar-refractivity contribution in [1.82, 2.24) is 9.80 Å². The minimum absolute atomic E-state index is 0.00660. The molecule has 2 aromatic heterocycles. The fourth-order valence-corrected chi connectivity index (χ4v) is 4.25. The largest absolute Gasteiger partial charge is 0.467 e. The summed E-state index contributed by atoms with van der Waals surface area (Å²) in [6, 6.07) is 25.5. The van der Waals surface area contributed by atoms with Gasteiger partial charge in [-0.15, -0.1) is 0 Å². The first-order valence-corrected chi connectivity index (χ1v) is 12.2. The smallest absolute Gasteiger partial charge is 0.257 e. The third-order valence-electron chi connectivity index (χ3n) is 6.16. The molecule has 4 rings (SSSR count). The highest BCUT2D eigenvalue weighted by Crippen LogP contribution is 2.19. The highest BCUT2D eigenvalue weighted by molar-refractivity contribution is 5.95. The lowest BCUT2D eigenvalue weighted by Crippen LogP contribution is -2.37. The molecule has 0 aliphatic rings. The summed E-state index contributed by atoms with van der Waals surface area (Å²) in [7, 11) is 0. The molecule has 0 radical (unpaired) electrons. The molecule has 0 atom stereocenters. The van der Waals surface area contributed by atoms with E-state index < -0.39 is 0 Å². The summed E-state index contributed by atoms with van der Waals surface area (Å²) in [5, 5.41) is 0. The fraction of sp³-hybridized carbons (Fsp3) is 0.267. The Labute approximate surface area is 212 Å². The van der Waals surface area contributed by atoms with Crippen molar-refractivity contribution in [2.24, 2.45) is 0 Å². The highest BCUT2D eigenvalue weighted by atomic mass is 16.3. The number of aryl methyl sites for hydroxylation is 2. The first-order chi connectivity index (χ1) is 17.5. The van der Waals surface area contributed by atoms with Crippen LogP contribution in [-0.2, 0) is 24.3 Å². The normalized spacial score (nSPS) is 10.8. The summed E-state index contributed by atoms with van der Waals surface area (Å²) in [4.78, 5) is 30.4. The van der Waals surface area contributed by atoms with Crippen molar-refractivity contribution >= 4 is 11.8 Å². The summed E-state index contributed by atoms with van der Waals surface area (Å²) in [6.07, 6.45) is 2.56. The summed E-state index contributed by atoms with van der Waals surface area (Å²) in [5.74, 6) is 1.75. The van der Waals surface area contributed by atoms with Gasteiger partial charge < -0.3 is 18.6 Å². The third-order valence-corrected chi connectivity index (χ3v) is 6.16. The Morgan fingerprint density at radius 3 is 2.08 bits per heavy atom. The van der Waals surface area contributed by atoms with E-state index in [0.717, 1.165) is 12.0 Å². The Bertz CT molecular complexity index is 1250. The van der Waals surface area contributed by atoms with Crippen LogP contribution in [-0.4, -0.2) is 34.7 Å². The van der Waals surface area contributed by atoms with Crippen LogP contribution >= 0.6 is 0 Å². The molecule has 0 saturated carbocycles. The van der Waals surface area contributed by atoms with Gasteiger partial charge in [0.1, 0.15) is 17.3 Å². The van der Waals surface area contributed by atoms with E-state index in [9.17, 15) is 9.59 Å². The van der Waals surface area contributed by atoms with Crippen molar-refractivity contribution < 1.29 is 18.4 Å². The van der Waals surface area contributed by atoms with E-state index in [0.29, 0.717) is 35.9 Å². The number of benzene rings is 2. The number of furan rings is 2. The molecule has 0 saturated heterocycles. The molecule has 0 fully saturated rings. The van der Waals surface area contributed by atoms with Crippen molar-refractivity contribution in [1.29, 1.82) is 0 Å². The lowest BCUT2D eigenvalue weighted by atomic mass is 10.1. The molecule has 0 N–H and O–H groups in total. The van der Waals surface area contributed by atoms with Crippen LogP contribution in [0.25, 0.3) is 0 Å². The molecule has 0 spiro atoms. The molecule has 186 valence electrons. The molecular weight excluding hydrogens is 452 g/mol. The quantitative estimate of drug-likeness (QED) is 0.270. The minimum Gasteiger partial charge on any atom is -0.467 e. The molecule has 4 aromatic rings. The summed E-state index contributed by atoms with van der Waals surface area (Å²) >= 11 is 0. The van der Waals surface area contributed by atoms with Gasteiger partial charge in [-0.2, -0.15) is 0 Å². The van der Waals surface area contributed by atoms with E-state index in [1.165, 1.54) is 5.56 Å². The molecule has 0 bridgehead atoms. The van der Waals surface area contributed by atoms with Gasteiger partial charge in [-0.05, 0) is 49.6 Å². The Balaban J connectivity index is 1.47. The SMILES string of the molecule is Cc1cc(C(=O)N(CCC(=O)N(CCc2ccccc2)Cc2ccccc2)Cc2ccco2)c(C)o1. The molecule has 2 amide bonds. The Kier molecular flexibility index (Phi) is 8.40. The molecule has 6 nitrogen and oxygen atoms in total. The number of nitrogens with zero attached hydrogens (tertiary/aromatic N) is 2. The molecule has 2 aromatic carbocycles. The van der Waals surface area contributed by atoms with Crippen molar-refractivity contribution in [2.75, 3.05) is 13.1 Å². The second-order valence-corrected chi connectivity index (χ2v) is 8.92. The zero-order chi connectivity index (χ0) is 25.3. The molecule has 36 heavy (non-hydrogen) atoms. The summed E-state index contributed by atoms with van der Waals surface area (Å²) < 4.78 is 11.1. The zero-order valence-electron chi connectivity index (χ0n) is 20.9. The van der Waals surface area contributed by atoms with E-state index in [2.05, 4.69) is 12.1 Å². The van der Waals surface area contributed by atoms with Gasteiger partial charge >= 0.3 is 0 Å². The number of carbonyl (C=O) groups excluding carboxylic acids is 2. The first-order valence-electron chi connectivity index (χ1n) is 12.2. The molecule has 2 heterocycles. The molecule has 0 aliphatic heterocycles. The monoisotopic (exact) mass is 484 g/mol. The van der Waals surface area contributed by atoms with E-state index in [1.54, 1.807) is 30.2 Å². The standard InChI is InChI=1S/C30H32N2O4/c1-23-20-28(24(2)36-23)30(34)32(22-27-14-9-19-35-27)18-16-29(33)31(21-26-12-7-4-8-13-26)17-15-25-10-5-3-6-11-25/h3-14,19-20H,15-18,21-22H2,1-2H3. The van der Waals surface area contributed by atoms with Gasteiger partial charge in [0.15, 0.2) is 0 Å². The second kappa shape index (κ2) is 12.1. The number of rotatable bonds is 11. The van der Waals surface area contributed by atoms with Crippen LogP contribution in [0.2, 0.25) is 0 Å². The molecule has 0 aliphatic carbocycles. The Morgan fingerprint density at radius 1 is 0.778 bits per heavy atom. The predicted octanol–water partition coefficient (Wildman–Crippen LogP) is 5.79. The van der Waals surface area contributed by atoms with Crippen LogP contribution in [0.3, 0.4) is 0 Å². The van der Waals surface area contributed by atoms with Crippen molar-refractivity contribution in [2.45, 2.75) is 39.8 Å². The maximum atomic E-state index is 13.5. The maximum Gasteiger partial charge on any atom is 0.257 e. The predicted molar refractivity (Wildman–Crippen MR) is 138 cm³/mol. The molecule has 0 unspecified atom stereocenters. The number of hydrogen-bond donors (Lipinski definition) is 0. The number of carbonyl (C=O) groups is 2. The lowest BCUT2D eigenvalue weighted by Gasteiger charge is -2.26. The average Bonchev–Trinajstić information content (AvgIpc) is 3.53. The summed E-state index contributed by atoms with van der Waals surface area (Å²) in [5.41, 5.74) is 2.77. The highest BCUT2D eigenvalue weighted by Gasteiger charge is 2.23. The van der Waals surface area contributed by atoms with Gasteiger partial charge in [-0.25, -0.2) is 0 Å². The number of hydrogen-bond acceptors (Lipinski definition) is 4. The van der Waals surface area contributed by atoms with E-state index >= 15 is 0 Å². The zero-order valence-corrected chi connectivity index (χ0v) is 20.9. The van der Waals surface area contributed by atoms with Crippen LogP contribution in [0.4, 0.5) is 0 Å². The average molecular weight is 485 g/mol. The van der Waals surface area contributed by atoms with Crippen LogP contribution in [0.5, 0.6) is 0 Å². The second-order valence-electron chi connectivity index (χ2n) is 8.92. The van der Waals surface area contributed by atoms with Crippen LogP contribution < -0.4 is 0 Å². The third kappa shape index (κ3) is 6.75. The van der Waals surface area contributed by atoms with Gasteiger partial charge in [0.2, 0.25) is 5.91 Å². The maximum absolute atomic E-state index is 13.5. The van der Waals surface area contributed by atoms with Crippen molar-refractivity contribution in [3.05, 3.63) is 119 Å². The molecule has 6 heteroatoms. The Morgan fingerprint density at radius 2 is 1.47 bits per heavy atom. The van der Waals surface area contributed by atoms with E-state index in [1.807, 2.05) is 66.4 Å². The summed E-state index contributed by atoms with van der Waals surface area (Å²) in [6.45, 7) is 5.28. The van der Waals surface area contributed by atoms with Gasteiger partial charge in [-0.1, -0.05) is 60.7 Å². The van der Waals surface area contributed by atoms with E-state index in [-0.39, 0.29) is 31.3 Å². The molecular formula is C30H32N2O4. The lowest BCUT2D eigenvalue weighted by molar-refractivity contribution is -0.132. The van der Waals surface area contributed by atoms with Gasteiger partial charge in [0.25, 0.3) is 5.91 Å². The van der Waals surface area contributed by atoms with Gasteiger partial charge in [-0.3, -0.25) is 9.59 Å². The van der Waals surface area contributed by atoms with Crippen LogP contribution in [0.15, 0.2) is 94.0 Å². The van der Waals surface area contributed by atoms with Crippen molar-refractivity contribution in [3.8, 4) is 0 Å². The van der Waals surface area contributed by atoms with Gasteiger partial charge in [0.05, 0.1) is 18.4 Å². The minimum atomic E-state index is -0.174. The van der Waals surface area contributed by atoms with Gasteiger partial charge in [0, 0.05) is 26.1 Å². The van der Waals surface area contributed by atoms with E-state index in [4.69, 9.17) is 8.83 Å². The first kappa shape index (κ1) is 25.0. The Hall–Kier alpha value is -4.06. The topological polar surface area (TPSA) is 66.9 Å². The number of amides is 2. The van der Waals surface area contributed by atoms with Crippen LogP contribution in [0, 0.1) is 13.8 Å². The van der Waals surface area contributed by atoms with Crippen LogP contribution in [0.1, 0.15) is 45.2 Å². The fourth-order valence-electron chi connectivity index (χ4n) is 4.25. The van der Waals surface area contributed by atoms with Crippen molar-refractivity contribution in [3.63, 3.8) is 0 Å².